The van der Waals surface area contributed by atoms with Crippen LogP contribution in [0.3, 0.4) is 0 Å². The van der Waals surface area contributed by atoms with Gasteiger partial charge in [-0.2, -0.15) is 18.3 Å². The minimum Gasteiger partial charge on any atom is -0.355 e. The van der Waals surface area contributed by atoms with Crippen LogP contribution < -0.4 is 4.90 Å². The Labute approximate surface area is 157 Å². The molecule has 5 rings (SSSR count). The van der Waals surface area contributed by atoms with E-state index in [1.165, 1.54) is 11.9 Å². The van der Waals surface area contributed by atoms with Gasteiger partial charge in [0.25, 0.3) is 0 Å². The van der Waals surface area contributed by atoms with E-state index in [2.05, 4.69) is 30.0 Å². The Kier molecular flexibility index (Phi) is 3.70. The molecule has 0 bridgehead atoms. The first kappa shape index (κ1) is 16.9. The number of hydrogen-bond acceptors (Lipinski definition) is 6. The lowest BCUT2D eigenvalue weighted by Crippen LogP contribution is -2.72. The van der Waals surface area contributed by atoms with Crippen LogP contribution in [0.15, 0.2) is 24.8 Å². The molecule has 2 aliphatic heterocycles. The van der Waals surface area contributed by atoms with Crippen molar-refractivity contribution in [2.75, 3.05) is 31.1 Å². The number of rotatable bonds is 4. The lowest BCUT2D eigenvalue weighted by atomic mass is 9.72. The van der Waals surface area contributed by atoms with Crippen LogP contribution in [-0.4, -0.2) is 57.4 Å². The number of nitrogens with zero attached hydrogens (tertiary/aromatic N) is 5. The first-order chi connectivity index (χ1) is 12.9. The summed E-state index contributed by atoms with van der Waals surface area (Å²) in [7, 11) is 0. The molecule has 5 heterocycles. The molecule has 0 aliphatic carbocycles. The van der Waals surface area contributed by atoms with Gasteiger partial charge in [-0.1, -0.05) is 0 Å². The van der Waals surface area contributed by atoms with Crippen LogP contribution in [0.5, 0.6) is 0 Å². The average Bonchev–Trinajstić information content (AvgIpc) is 3.15. The summed E-state index contributed by atoms with van der Waals surface area (Å²) >= 11 is 1.10. The molecule has 142 valence electrons. The molecular weight excluding hydrogens is 377 g/mol. The summed E-state index contributed by atoms with van der Waals surface area (Å²) in [5, 5.41) is 7.52. The van der Waals surface area contributed by atoms with Gasteiger partial charge in [-0.25, -0.2) is 9.97 Å². The lowest BCUT2D eigenvalue weighted by Gasteiger charge is -2.60. The fourth-order valence-corrected chi connectivity index (χ4v) is 5.20. The summed E-state index contributed by atoms with van der Waals surface area (Å²) in [6.45, 7) is 4.69. The summed E-state index contributed by atoms with van der Waals surface area (Å²) in [6, 6.07) is 1.60. The van der Waals surface area contributed by atoms with Gasteiger partial charge in [-0.05, 0) is 6.07 Å². The topological polar surface area (TPSA) is 60.9 Å². The summed E-state index contributed by atoms with van der Waals surface area (Å²) in [5.41, 5.74) is 1.44. The van der Waals surface area contributed by atoms with E-state index in [0.717, 1.165) is 55.3 Å². The van der Waals surface area contributed by atoms with Crippen molar-refractivity contribution in [1.29, 1.82) is 0 Å². The zero-order valence-corrected chi connectivity index (χ0v) is 15.1. The molecule has 0 radical (unpaired) electrons. The molecule has 2 aliphatic rings. The first-order valence-corrected chi connectivity index (χ1v) is 9.46. The van der Waals surface area contributed by atoms with Crippen LogP contribution in [0.25, 0.3) is 10.2 Å². The van der Waals surface area contributed by atoms with E-state index in [-0.39, 0.29) is 10.3 Å². The van der Waals surface area contributed by atoms with Crippen molar-refractivity contribution < 1.29 is 13.2 Å². The monoisotopic (exact) mass is 394 g/mol. The second kappa shape index (κ2) is 5.90. The smallest absolute Gasteiger partial charge is 0.355 e. The molecule has 0 saturated carbocycles. The number of nitrogens with one attached hydrogen (secondary N) is 1. The van der Waals surface area contributed by atoms with Crippen molar-refractivity contribution >= 4 is 27.4 Å². The molecule has 10 heteroatoms. The van der Waals surface area contributed by atoms with E-state index in [1.807, 2.05) is 12.4 Å². The van der Waals surface area contributed by atoms with Crippen LogP contribution in [0.4, 0.5) is 19.0 Å². The predicted molar refractivity (Wildman–Crippen MR) is 95.7 cm³/mol. The zero-order chi connectivity index (χ0) is 18.6. The third kappa shape index (κ3) is 3.16. The largest absolute Gasteiger partial charge is 0.393 e. The Bertz CT molecular complexity index is 953. The molecule has 1 N–H and O–H groups in total. The summed E-state index contributed by atoms with van der Waals surface area (Å²) in [4.78, 5) is 13.9. The highest BCUT2D eigenvalue weighted by Gasteiger charge is 2.52. The number of anilines is 1. The number of fused-ring (bicyclic) bond motifs is 1. The fourth-order valence-electron chi connectivity index (χ4n) is 4.18. The van der Waals surface area contributed by atoms with Gasteiger partial charge in [0.1, 0.15) is 17.0 Å². The highest BCUT2D eigenvalue weighted by molar-refractivity contribution is 7.18. The van der Waals surface area contributed by atoms with Gasteiger partial charge < -0.3 is 4.90 Å². The lowest BCUT2D eigenvalue weighted by molar-refractivity contribution is -0.126. The van der Waals surface area contributed by atoms with Crippen molar-refractivity contribution in [3.05, 3.63) is 35.2 Å². The van der Waals surface area contributed by atoms with E-state index in [1.54, 1.807) is 6.07 Å². The molecule has 0 aromatic carbocycles. The number of hydrogen-bond donors (Lipinski definition) is 1. The maximum absolute atomic E-state index is 12.7. The summed E-state index contributed by atoms with van der Waals surface area (Å²) in [6.07, 6.45) is 0.0676. The van der Waals surface area contributed by atoms with Crippen molar-refractivity contribution in [1.82, 2.24) is 25.1 Å². The maximum atomic E-state index is 12.7. The van der Waals surface area contributed by atoms with Gasteiger partial charge in [-0.3, -0.25) is 10.00 Å². The third-order valence-electron chi connectivity index (χ3n) is 5.17. The Morgan fingerprint density at radius 1 is 1.19 bits per heavy atom. The summed E-state index contributed by atoms with van der Waals surface area (Å²) < 4.78 is 38.0. The number of aromatic amines is 1. The number of aromatic nitrogens is 4. The molecule has 0 amide bonds. The van der Waals surface area contributed by atoms with Gasteiger partial charge >= 0.3 is 6.18 Å². The molecular formula is C17H17F3N6S. The van der Waals surface area contributed by atoms with E-state index in [9.17, 15) is 13.2 Å². The number of halogens is 3. The Hall–Kier alpha value is -2.20. The van der Waals surface area contributed by atoms with Crippen LogP contribution in [0, 0.1) is 5.41 Å². The van der Waals surface area contributed by atoms with E-state index >= 15 is 0 Å². The number of likely N-dealkylation sites (tertiary alicyclic amines) is 1. The van der Waals surface area contributed by atoms with Gasteiger partial charge in [0, 0.05) is 54.8 Å². The van der Waals surface area contributed by atoms with Crippen LogP contribution >= 0.6 is 11.3 Å². The molecule has 0 unspecified atom stereocenters. The highest BCUT2D eigenvalue weighted by atomic mass is 32.1. The standard InChI is InChI=1S/C17H17F3N6S/c18-17(19,20)2-12-1-13-14(21-10-22-15(13)27-12)26-8-16(9-26)6-25(7-16)5-11-3-23-24-4-11/h1,3-4,10H,2,5-9H2,(H,23,24). The fraction of sp³-hybridized carbons (Fsp3) is 0.471. The SMILES string of the molecule is FC(F)(F)Cc1cc2c(N3CC4(CN(Cc5cn[nH]c5)C4)C3)ncnc2s1. The van der Waals surface area contributed by atoms with E-state index < -0.39 is 12.6 Å². The van der Waals surface area contributed by atoms with Crippen molar-refractivity contribution in [2.24, 2.45) is 5.41 Å². The average molecular weight is 394 g/mol. The quantitative estimate of drug-likeness (QED) is 0.737. The maximum Gasteiger partial charge on any atom is 0.393 e. The second-order valence-electron chi connectivity index (χ2n) is 7.53. The molecule has 2 saturated heterocycles. The summed E-state index contributed by atoms with van der Waals surface area (Å²) in [5.74, 6) is 0.753. The van der Waals surface area contributed by atoms with Crippen molar-refractivity contribution in [3.63, 3.8) is 0 Å². The van der Waals surface area contributed by atoms with Gasteiger partial charge in [0.05, 0.1) is 18.0 Å². The Balaban J connectivity index is 1.26. The minimum absolute atomic E-state index is 0.270. The van der Waals surface area contributed by atoms with Crippen molar-refractivity contribution in [2.45, 2.75) is 19.1 Å². The first-order valence-electron chi connectivity index (χ1n) is 8.64. The zero-order valence-electron chi connectivity index (χ0n) is 14.3. The minimum atomic E-state index is -4.21. The Morgan fingerprint density at radius 2 is 2.00 bits per heavy atom. The molecule has 3 aromatic rings. The molecule has 1 spiro atoms. The van der Waals surface area contributed by atoms with Gasteiger partial charge in [0.15, 0.2) is 0 Å². The third-order valence-corrected chi connectivity index (χ3v) is 6.21. The number of H-pyrrole nitrogens is 1. The van der Waals surface area contributed by atoms with Crippen LogP contribution in [0.1, 0.15) is 10.4 Å². The van der Waals surface area contributed by atoms with Crippen molar-refractivity contribution in [3.8, 4) is 0 Å². The van der Waals surface area contributed by atoms with Gasteiger partial charge in [0.2, 0.25) is 0 Å². The van der Waals surface area contributed by atoms with E-state index in [0.29, 0.717) is 4.83 Å². The van der Waals surface area contributed by atoms with Gasteiger partial charge in [-0.15, -0.1) is 11.3 Å². The molecule has 0 atom stereocenters. The highest BCUT2D eigenvalue weighted by Crippen LogP contribution is 2.44. The second-order valence-corrected chi connectivity index (χ2v) is 8.64. The molecule has 27 heavy (non-hydrogen) atoms. The van der Waals surface area contributed by atoms with Crippen LogP contribution in [-0.2, 0) is 13.0 Å². The Morgan fingerprint density at radius 3 is 2.70 bits per heavy atom. The predicted octanol–water partition coefficient (Wildman–Crippen LogP) is 2.84. The van der Waals surface area contributed by atoms with Crippen LogP contribution in [0.2, 0.25) is 0 Å². The number of thiophene rings is 1. The number of alkyl halides is 3. The molecule has 2 fully saturated rings. The molecule has 3 aromatic heterocycles. The van der Waals surface area contributed by atoms with E-state index in [4.69, 9.17) is 0 Å². The normalized spacial score (nSPS) is 19.4. The molecule has 6 nitrogen and oxygen atoms in total.